The molecular formula is C16H19NO3. The molecule has 2 aliphatic rings. The van der Waals surface area contributed by atoms with Crippen LogP contribution in [0.4, 0.5) is 0 Å². The lowest BCUT2D eigenvalue weighted by molar-refractivity contribution is 0.00339. The van der Waals surface area contributed by atoms with Crippen LogP contribution in [0.5, 0.6) is 0 Å². The van der Waals surface area contributed by atoms with Crippen LogP contribution in [-0.2, 0) is 0 Å². The van der Waals surface area contributed by atoms with Gasteiger partial charge in [0.05, 0.1) is 23.3 Å². The van der Waals surface area contributed by atoms with E-state index in [9.17, 15) is 14.7 Å². The minimum Gasteiger partial charge on any atom is -0.394 e. The average molecular weight is 273 g/mol. The summed E-state index contributed by atoms with van der Waals surface area (Å²) in [4.78, 5) is 26.5. The van der Waals surface area contributed by atoms with E-state index in [1.807, 2.05) is 0 Å². The highest BCUT2D eigenvalue weighted by Crippen LogP contribution is 2.40. The average Bonchev–Trinajstić information content (AvgIpc) is 2.72. The van der Waals surface area contributed by atoms with Crippen LogP contribution >= 0.6 is 0 Å². The van der Waals surface area contributed by atoms with Crippen molar-refractivity contribution < 1.29 is 14.7 Å². The maximum absolute atomic E-state index is 12.6. The number of hydrogen-bond acceptors (Lipinski definition) is 3. The summed E-state index contributed by atoms with van der Waals surface area (Å²) >= 11 is 0. The van der Waals surface area contributed by atoms with E-state index in [1.54, 1.807) is 24.3 Å². The first-order valence-corrected chi connectivity index (χ1v) is 7.18. The molecule has 1 aromatic rings. The third kappa shape index (κ3) is 1.79. The van der Waals surface area contributed by atoms with Crippen LogP contribution in [0, 0.1) is 5.92 Å². The van der Waals surface area contributed by atoms with E-state index >= 15 is 0 Å². The van der Waals surface area contributed by atoms with Gasteiger partial charge in [0.2, 0.25) is 0 Å². The predicted molar refractivity (Wildman–Crippen MR) is 74.4 cm³/mol. The second-order valence-electron chi connectivity index (χ2n) is 6.08. The molecule has 0 spiro atoms. The first-order chi connectivity index (χ1) is 9.59. The molecule has 2 atom stereocenters. The summed E-state index contributed by atoms with van der Waals surface area (Å²) in [6.45, 7) is 1.96. The third-order valence-corrected chi connectivity index (χ3v) is 4.63. The van der Waals surface area contributed by atoms with Gasteiger partial charge >= 0.3 is 0 Å². The van der Waals surface area contributed by atoms with Crippen molar-refractivity contribution in [2.24, 2.45) is 5.92 Å². The second kappa shape index (κ2) is 4.70. The van der Waals surface area contributed by atoms with Crippen molar-refractivity contribution in [1.29, 1.82) is 0 Å². The van der Waals surface area contributed by atoms with Crippen LogP contribution in [0.1, 0.15) is 53.3 Å². The van der Waals surface area contributed by atoms with Crippen molar-refractivity contribution in [3.63, 3.8) is 0 Å². The maximum atomic E-state index is 12.6. The van der Waals surface area contributed by atoms with Crippen molar-refractivity contribution in [2.75, 3.05) is 6.61 Å². The van der Waals surface area contributed by atoms with Gasteiger partial charge in [-0.25, -0.2) is 0 Å². The Morgan fingerprint density at radius 3 is 2.35 bits per heavy atom. The molecule has 0 bridgehead atoms. The number of rotatable bonds is 2. The minimum absolute atomic E-state index is 0.150. The molecule has 4 nitrogen and oxygen atoms in total. The van der Waals surface area contributed by atoms with Gasteiger partial charge in [-0.3, -0.25) is 14.5 Å². The van der Waals surface area contributed by atoms with Crippen LogP contribution in [0.2, 0.25) is 0 Å². The third-order valence-electron chi connectivity index (χ3n) is 4.63. The number of carbonyl (C=O) groups excluding carboxylic acids is 2. The van der Waals surface area contributed by atoms with E-state index < -0.39 is 5.54 Å². The number of fused-ring (bicyclic) bond motifs is 1. The van der Waals surface area contributed by atoms with E-state index in [-0.39, 0.29) is 18.4 Å². The highest BCUT2D eigenvalue weighted by atomic mass is 16.3. The zero-order chi connectivity index (χ0) is 14.3. The van der Waals surface area contributed by atoms with Gasteiger partial charge in [0.25, 0.3) is 11.8 Å². The molecule has 0 saturated heterocycles. The van der Waals surface area contributed by atoms with Gasteiger partial charge in [-0.05, 0) is 30.9 Å². The van der Waals surface area contributed by atoms with Gasteiger partial charge in [-0.2, -0.15) is 0 Å². The standard InChI is InChI=1S/C16H19NO3/c1-11-5-4-8-16(9-11,10-18)17-14(19)12-6-2-3-7-13(12)15(17)20/h2-3,6-7,11,18H,4-5,8-10H2,1H3. The van der Waals surface area contributed by atoms with Crippen LogP contribution < -0.4 is 0 Å². The molecule has 4 heteroatoms. The van der Waals surface area contributed by atoms with Crippen molar-refractivity contribution in [3.05, 3.63) is 35.4 Å². The van der Waals surface area contributed by atoms with Gasteiger partial charge in [-0.15, -0.1) is 0 Å². The Morgan fingerprint density at radius 1 is 1.25 bits per heavy atom. The molecule has 2 amide bonds. The molecule has 20 heavy (non-hydrogen) atoms. The van der Waals surface area contributed by atoms with E-state index in [2.05, 4.69) is 6.92 Å². The van der Waals surface area contributed by atoms with E-state index in [1.165, 1.54) is 4.90 Å². The van der Waals surface area contributed by atoms with Crippen LogP contribution in [0.15, 0.2) is 24.3 Å². The Morgan fingerprint density at radius 2 is 1.85 bits per heavy atom. The lowest BCUT2D eigenvalue weighted by atomic mass is 9.75. The Kier molecular flexibility index (Phi) is 3.13. The molecule has 0 radical (unpaired) electrons. The number of carbonyl (C=O) groups is 2. The molecule has 1 aliphatic carbocycles. The van der Waals surface area contributed by atoms with Crippen molar-refractivity contribution in [2.45, 2.75) is 38.1 Å². The highest BCUT2D eigenvalue weighted by molar-refractivity contribution is 6.21. The summed E-state index contributed by atoms with van der Waals surface area (Å²) < 4.78 is 0. The maximum Gasteiger partial charge on any atom is 0.262 e. The molecular weight excluding hydrogens is 254 g/mol. The van der Waals surface area contributed by atoms with Crippen LogP contribution in [0.25, 0.3) is 0 Å². The molecule has 0 aromatic heterocycles. The van der Waals surface area contributed by atoms with E-state index in [4.69, 9.17) is 0 Å². The van der Waals surface area contributed by atoms with E-state index in [0.29, 0.717) is 29.9 Å². The van der Waals surface area contributed by atoms with Gasteiger partial charge < -0.3 is 5.11 Å². The first-order valence-electron chi connectivity index (χ1n) is 7.18. The van der Waals surface area contributed by atoms with E-state index in [0.717, 1.165) is 12.8 Å². The first kappa shape index (κ1) is 13.3. The number of aliphatic hydroxyl groups is 1. The fourth-order valence-electron chi connectivity index (χ4n) is 3.67. The summed E-state index contributed by atoms with van der Waals surface area (Å²) in [5.74, 6) is -0.0947. The second-order valence-corrected chi connectivity index (χ2v) is 6.08. The Hall–Kier alpha value is -1.68. The fraction of sp³-hybridized carbons (Fsp3) is 0.500. The predicted octanol–water partition coefficient (Wildman–Crippen LogP) is 2.22. The summed E-state index contributed by atoms with van der Waals surface area (Å²) in [6.07, 6.45) is 3.41. The number of nitrogens with zero attached hydrogens (tertiary/aromatic N) is 1. The fourth-order valence-corrected chi connectivity index (χ4v) is 3.67. The van der Waals surface area contributed by atoms with Crippen molar-refractivity contribution in [3.8, 4) is 0 Å². The molecule has 2 unspecified atom stereocenters. The number of imide groups is 1. The zero-order valence-corrected chi connectivity index (χ0v) is 11.6. The van der Waals surface area contributed by atoms with Crippen LogP contribution in [-0.4, -0.2) is 34.0 Å². The molecule has 1 N–H and O–H groups in total. The Balaban J connectivity index is 2.02. The molecule has 1 heterocycles. The summed E-state index contributed by atoms with van der Waals surface area (Å²) in [5, 5.41) is 9.89. The lowest BCUT2D eigenvalue weighted by Crippen LogP contribution is -2.56. The summed E-state index contributed by atoms with van der Waals surface area (Å²) in [6, 6.07) is 6.91. The molecule has 1 fully saturated rings. The lowest BCUT2D eigenvalue weighted by Gasteiger charge is -2.44. The van der Waals surface area contributed by atoms with Crippen molar-refractivity contribution in [1.82, 2.24) is 4.90 Å². The van der Waals surface area contributed by atoms with Gasteiger partial charge in [0.1, 0.15) is 0 Å². The monoisotopic (exact) mass is 273 g/mol. The highest BCUT2D eigenvalue weighted by Gasteiger charge is 2.49. The molecule has 106 valence electrons. The number of amides is 2. The van der Waals surface area contributed by atoms with Crippen LogP contribution in [0.3, 0.4) is 0 Å². The summed E-state index contributed by atoms with van der Waals surface area (Å²) in [5.41, 5.74) is 0.206. The Bertz CT molecular complexity index is 534. The van der Waals surface area contributed by atoms with Gasteiger partial charge in [0, 0.05) is 0 Å². The number of aliphatic hydroxyl groups excluding tert-OH is 1. The minimum atomic E-state index is -0.717. The largest absolute Gasteiger partial charge is 0.394 e. The smallest absolute Gasteiger partial charge is 0.262 e. The zero-order valence-electron chi connectivity index (χ0n) is 11.6. The summed E-state index contributed by atoms with van der Waals surface area (Å²) in [7, 11) is 0. The quantitative estimate of drug-likeness (QED) is 0.841. The topological polar surface area (TPSA) is 57.6 Å². The number of hydrogen-bond donors (Lipinski definition) is 1. The molecule has 3 rings (SSSR count). The Labute approximate surface area is 118 Å². The SMILES string of the molecule is CC1CCCC(CO)(N2C(=O)c3ccccc3C2=O)C1. The van der Waals surface area contributed by atoms with Gasteiger partial charge in [0.15, 0.2) is 0 Å². The molecule has 1 saturated carbocycles. The number of benzene rings is 1. The normalized spacial score (nSPS) is 29.7. The molecule has 1 aliphatic heterocycles. The van der Waals surface area contributed by atoms with Crippen molar-refractivity contribution >= 4 is 11.8 Å². The molecule has 1 aromatic carbocycles. The van der Waals surface area contributed by atoms with Gasteiger partial charge in [-0.1, -0.05) is 31.9 Å².